The van der Waals surface area contributed by atoms with E-state index in [-0.39, 0.29) is 0 Å². The van der Waals surface area contributed by atoms with Gasteiger partial charge in [-0.15, -0.1) is 0 Å². The molecule has 0 amide bonds. The van der Waals surface area contributed by atoms with Crippen LogP contribution < -0.4 is 0 Å². The van der Waals surface area contributed by atoms with Gasteiger partial charge in [-0.1, -0.05) is 33.3 Å². The minimum atomic E-state index is 0.321. The first kappa shape index (κ1) is 12.5. The van der Waals surface area contributed by atoms with Crippen LogP contribution in [0.2, 0.25) is 0 Å². The molecule has 0 aromatic heterocycles. The van der Waals surface area contributed by atoms with Crippen molar-refractivity contribution in [2.24, 2.45) is 11.8 Å². The van der Waals surface area contributed by atoms with Gasteiger partial charge in [-0.3, -0.25) is 4.79 Å². The van der Waals surface area contributed by atoms with E-state index in [0.717, 1.165) is 30.8 Å². The van der Waals surface area contributed by atoms with E-state index in [1.54, 1.807) is 0 Å². The van der Waals surface area contributed by atoms with Gasteiger partial charge < -0.3 is 0 Å². The predicted octanol–water partition coefficient (Wildman–Crippen LogP) is 4.13. The fraction of sp³-hybridized carbons (Fsp3) is 0.786. The molecule has 86 valence electrons. The van der Waals surface area contributed by atoms with Gasteiger partial charge in [0.2, 0.25) is 0 Å². The third-order valence-corrected chi connectivity index (χ3v) is 3.29. The largest absolute Gasteiger partial charge is 0.295 e. The molecule has 0 aromatic rings. The molecule has 1 aliphatic carbocycles. The van der Waals surface area contributed by atoms with E-state index in [1.165, 1.54) is 25.7 Å². The van der Waals surface area contributed by atoms with Crippen LogP contribution in [-0.2, 0) is 4.79 Å². The Morgan fingerprint density at radius 1 is 1.40 bits per heavy atom. The van der Waals surface area contributed by atoms with Gasteiger partial charge in [0.1, 0.15) is 0 Å². The van der Waals surface area contributed by atoms with Crippen molar-refractivity contribution >= 4 is 5.78 Å². The summed E-state index contributed by atoms with van der Waals surface area (Å²) in [6, 6.07) is 0. The highest BCUT2D eigenvalue weighted by Gasteiger charge is 2.25. The number of carbonyl (C=O) groups excluding carboxylic acids is 1. The van der Waals surface area contributed by atoms with E-state index in [0.29, 0.717) is 11.7 Å². The molecule has 0 radical (unpaired) electrons. The number of carbonyl (C=O) groups is 1. The molecule has 1 rings (SSSR count). The van der Waals surface area contributed by atoms with Crippen molar-refractivity contribution in [1.82, 2.24) is 0 Å². The zero-order valence-electron chi connectivity index (χ0n) is 10.2. The maximum absolute atomic E-state index is 11.7. The molecule has 1 atom stereocenters. The van der Waals surface area contributed by atoms with Gasteiger partial charge in [0.05, 0.1) is 0 Å². The maximum Gasteiger partial charge on any atom is 0.158 e. The average molecular weight is 208 g/mol. The third kappa shape index (κ3) is 5.15. The van der Waals surface area contributed by atoms with Crippen LogP contribution in [0.15, 0.2) is 12.2 Å². The molecular formula is C14H24O. The van der Waals surface area contributed by atoms with E-state index < -0.39 is 0 Å². The van der Waals surface area contributed by atoms with E-state index in [1.807, 2.05) is 0 Å². The first-order valence-electron chi connectivity index (χ1n) is 6.34. The number of rotatable bonds is 8. The highest BCUT2D eigenvalue weighted by atomic mass is 16.1. The van der Waals surface area contributed by atoms with Crippen LogP contribution in [0.4, 0.5) is 0 Å². The fourth-order valence-electron chi connectivity index (χ4n) is 1.93. The molecule has 1 nitrogen and oxygen atoms in total. The average Bonchev–Trinajstić information content (AvgIpc) is 2.98. The molecule has 1 fully saturated rings. The lowest BCUT2D eigenvalue weighted by atomic mass is 9.95. The molecule has 15 heavy (non-hydrogen) atoms. The van der Waals surface area contributed by atoms with E-state index in [2.05, 4.69) is 20.4 Å². The smallest absolute Gasteiger partial charge is 0.158 e. The van der Waals surface area contributed by atoms with Gasteiger partial charge in [-0.25, -0.2) is 0 Å². The van der Waals surface area contributed by atoms with Crippen LogP contribution in [0.5, 0.6) is 0 Å². The summed E-state index contributed by atoms with van der Waals surface area (Å²) in [4.78, 5) is 11.7. The van der Waals surface area contributed by atoms with E-state index in [4.69, 9.17) is 0 Å². The van der Waals surface area contributed by atoms with Crippen LogP contribution in [0, 0.1) is 11.8 Å². The quantitative estimate of drug-likeness (QED) is 0.548. The van der Waals surface area contributed by atoms with E-state index >= 15 is 0 Å². The third-order valence-electron chi connectivity index (χ3n) is 3.29. The lowest BCUT2D eigenvalue weighted by molar-refractivity contribution is -0.116. The molecule has 0 heterocycles. The summed E-state index contributed by atoms with van der Waals surface area (Å²) in [6.07, 6.45) is 7.82. The molecular weight excluding hydrogens is 184 g/mol. The van der Waals surface area contributed by atoms with Crippen molar-refractivity contribution in [3.63, 3.8) is 0 Å². The predicted molar refractivity (Wildman–Crippen MR) is 64.8 cm³/mol. The Morgan fingerprint density at radius 3 is 2.60 bits per heavy atom. The van der Waals surface area contributed by atoms with Crippen LogP contribution in [0.3, 0.4) is 0 Å². The summed E-state index contributed by atoms with van der Waals surface area (Å²) < 4.78 is 0. The van der Waals surface area contributed by atoms with Gasteiger partial charge in [-0.05, 0) is 43.1 Å². The van der Waals surface area contributed by atoms with Crippen LogP contribution in [0.1, 0.15) is 58.8 Å². The summed E-state index contributed by atoms with van der Waals surface area (Å²) in [6.45, 7) is 8.40. The molecule has 1 heteroatoms. The Labute approximate surface area is 93.9 Å². The van der Waals surface area contributed by atoms with Crippen molar-refractivity contribution in [2.75, 3.05) is 0 Å². The number of hydrogen-bond acceptors (Lipinski definition) is 1. The summed E-state index contributed by atoms with van der Waals surface area (Å²) >= 11 is 0. The molecule has 0 spiro atoms. The first-order chi connectivity index (χ1) is 7.13. The first-order valence-corrected chi connectivity index (χ1v) is 6.34. The standard InChI is InChI=1S/C14H24O/c1-4-5-11(2)6-7-12(3)14(15)10-13-8-9-13/h11,13H,3-10H2,1-2H3. The second-order valence-corrected chi connectivity index (χ2v) is 5.11. The molecule has 1 saturated carbocycles. The fourth-order valence-corrected chi connectivity index (χ4v) is 1.93. The molecule has 1 aliphatic rings. The van der Waals surface area contributed by atoms with Crippen molar-refractivity contribution in [3.8, 4) is 0 Å². The van der Waals surface area contributed by atoms with Crippen LogP contribution in [0.25, 0.3) is 0 Å². The Hall–Kier alpha value is -0.590. The highest BCUT2D eigenvalue weighted by Crippen LogP contribution is 2.33. The molecule has 0 aliphatic heterocycles. The number of allylic oxidation sites excluding steroid dienone is 1. The molecule has 0 aromatic carbocycles. The number of ketones is 1. The van der Waals surface area contributed by atoms with Gasteiger partial charge >= 0.3 is 0 Å². The van der Waals surface area contributed by atoms with Crippen molar-refractivity contribution in [3.05, 3.63) is 12.2 Å². The van der Waals surface area contributed by atoms with Crippen molar-refractivity contribution in [2.45, 2.75) is 58.8 Å². The number of hydrogen-bond donors (Lipinski definition) is 0. The monoisotopic (exact) mass is 208 g/mol. The summed E-state index contributed by atoms with van der Waals surface area (Å²) in [5.74, 6) is 1.75. The van der Waals surface area contributed by atoms with Gasteiger partial charge in [0.15, 0.2) is 5.78 Å². The van der Waals surface area contributed by atoms with Gasteiger partial charge in [-0.2, -0.15) is 0 Å². The lowest BCUT2D eigenvalue weighted by Gasteiger charge is -2.10. The summed E-state index contributed by atoms with van der Waals surface area (Å²) in [5, 5.41) is 0. The van der Waals surface area contributed by atoms with E-state index in [9.17, 15) is 4.79 Å². The zero-order chi connectivity index (χ0) is 11.3. The normalized spacial score (nSPS) is 17.5. The zero-order valence-corrected chi connectivity index (χ0v) is 10.2. The van der Waals surface area contributed by atoms with Gasteiger partial charge in [0.25, 0.3) is 0 Å². The van der Waals surface area contributed by atoms with Crippen molar-refractivity contribution in [1.29, 1.82) is 0 Å². The molecule has 0 N–H and O–H groups in total. The summed E-state index contributed by atoms with van der Waals surface area (Å²) in [5.41, 5.74) is 0.866. The second kappa shape index (κ2) is 6.09. The lowest BCUT2D eigenvalue weighted by Crippen LogP contribution is -2.04. The maximum atomic E-state index is 11.7. The van der Waals surface area contributed by atoms with Crippen LogP contribution in [-0.4, -0.2) is 5.78 Å². The van der Waals surface area contributed by atoms with Gasteiger partial charge in [0, 0.05) is 6.42 Å². The Kier molecular flexibility index (Phi) is 5.07. The summed E-state index contributed by atoms with van der Waals surface area (Å²) in [7, 11) is 0. The van der Waals surface area contributed by atoms with Crippen molar-refractivity contribution < 1.29 is 4.79 Å². The second-order valence-electron chi connectivity index (χ2n) is 5.11. The molecule has 0 bridgehead atoms. The Bertz CT molecular complexity index is 225. The topological polar surface area (TPSA) is 17.1 Å². The molecule has 0 saturated heterocycles. The minimum absolute atomic E-state index is 0.321. The minimum Gasteiger partial charge on any atom is -0.295 e. The number of Topliss-reactive ketones (excluding diaryl/α,β-unsaturated/α-hetero) is 1. The van der Waals surface area contributed by atoms with Crippen LogP contribution >= 0.6 is 0 Å². The SMILES string of the molecule is C=C(CCC(C)CCC)C(=O)CC1CC1. The molecule has 1 unspecified atom stereocenters. The Balaban J connectivity index is 2.13. The highest BCUT2D eigenvalue weighted by molar-refractivity contribution is 5.94. The Morgan fingerprint density at radius 2 is 2.07 bits per heavy atom.